The molecular weight excluding hydrogens is 717 g/mol. The molecule has 284 valence electrons. The van der Waals surface area contributed by atoms with Crippen LogP contribution in [0.1, 0.15) is 63.1 Å². The molecule has 7 atom stereocenters. The van der Waals surface area contributed by atoms with Crippen LogP contribution in [0.3, 0.4) is 0 Å². The van der Waals surface area contributed by atoms with E-state index in [0.29, 0.717) is 28.1 Å². The molecule has 0 aromatic heterocycles. The van der Waals surface area contributed by atoms with Gasteiger partial charge in [-0.25, -0.2) is 0 Å². The first-order valence-electron chi connectivity index (χ1n) is 19.4. The van der Waals surface area contributed by atoms with E-state index < -0.39 is 65.1 Å². The average molecular weight is 757 g/mol. The molecule has 9 nitrogen and oxygen atoms in total. The first-order chi connectivity index (χ1) is 27.7. The lowest BCUT2D eigenvalue weighted by Gasteiger charge is -2.50. The van der Waals surface area contributed by atoms with E-state index in [1.165, 1.54) is 0 Å². The highest BCUT2D eigenvalue weighted by atomic mass is 16.7. The van der Waals surface area contributed by atoms with Crippen molar-refractivity contribution >= 4 is 41.0 Å². The van der Waals surface area contributed by atoms with Gasteiger partial charge in [0.1, 0.15) is 17.8 Å². The molecule has 5 aliphatic heterocycles. The molecule has 3 saturated heterocycles. The Kier molecular flexibility index (Phi) is 7.84. The summed E-state index contributed by atoms with van der Waals surface area (Å²) in [5.74, 6) is -5.00. The van der Waals surface area contributed by atoms with Crippen molar-refractivity contribution in [2.75, 3.05) is 16.9 Å². The summed E-state index contributed by atoms with van der Waals surface area (Å²) in [6, 6.07) is 38.0. The van der Waals surface area contributed by atoms with Gasteiger partial charge in [-0.1, -0.05) is 121 Å². The van der Waals surface area contributed by atoms with Gasteiger partial charge in [0.2, 0.25) is 0 Å². The summed E-state index contributed by atoms with van der Waals surface area (Å²) in [6.07, 6.45) is 4.15. The predicted molar refractivity (Wildman–Crippen MR) is 214 cm³/mol. The minimum absolute atomic E-state index is 0.0768. The van der Waals surface area contributed by atoms with Gasteiger partial charge >= 0.3 is 11.9 Å². The number of ketones is 2. The van der Waals surface area contributed by atoms with Crippen molar-refractivity contribution in [1.29, 1.82) is 0 Å². The molecule has 0 radical (unpaired) electrons. The zero-order chi connectivity index (χ0) is 39.2. The molecule has 10 rings (SSSR count). The van der Waals surface area contributed by atoms with Gasteiger partial charge in [-0.2, -0.15) is 0 Å². The standard InChI is InChI=1S/C48H40N2O7/c1-47(2)56-45(53)48(46(54)57-47)39(29-22-25-32(55-3)26-23-29)41(43(52)31-17-8-5-9-18-31)50-35-21-13-11-19-33(35)37-38(44(48)50)36-27-24-28-14-10-12-20-34(28)49(36)40(37)42(51)30-15-6-4-7-16-30/h4-27,36-41,44H,1-3H3/t36-,37+,38-,39+,40-,41+,44-/m0/s1. The van der Waals surface area contributed by atoms with E-state index in [9.17, 15) is 0 Å². The molecule has 1 spiro atoms. The summed E-state index contributed by atoms with van der Waals surface area (Å²) in [7, 11) is 1.57. The maximum absolute atomic E-state index is 15.4. The zero-order valence-corrected chi connectivity index (χ0v) is 31.7. The van der Waals surface area contributed by atoms with Crippen LogP contribution in [0.25, 0.3) is 6.08 Å². The molecule has 5 aromatic carbocycles. The highest BCUT2D eigenvalue weighted by molar-refractivity contribution is 6.12. The number of nitrogens with zero attached hydrogens (tertiary/aromatic N) is 2. The minimum atomic E-state index is -2.04. The monoisotopic (exact) mass is 756 g/mol. The van der Waals surface area contributed by atoms with Crippen LogP contribution in [0.5, 0.6) is 5.75 Å². The fourth-order valence-electron chi connectivity index (χ4n) is 10.7. The molecule has 9 heteroatoms. The van der Waals surface area contributed by atoms with Gasteiger partial charge in [0.15, 0.2) is 17.0 Å². The van der Waals surface area contributed by atoms with Crippen LogP contribution in [0.2, 0.25) is 0 Å². The number of ether oxygens (including phenoxy) is 3. The van der Waals surface area contributed by atoms with Crippen molar-refractivity contribution < 1.29 is 33.4 Å². The third-order valence-corrected chi connectivity index (χ3v) is 12.8. The third kappa shape index (κ3) is 4.94. The van der Waals surface area contributed by atoms with Gasteiger partial charge in [0.25, 0.3) is 5.79 Å². The van der Waals surface area contributed by atoms with Crippen LogP contribution >= 0.6 is 0 Å². The summed E-state index contributed by atoms with van der Waals surface area (Å²) >= 11 is 0. The Bertz CT molecular complexity index is 2460. The second-order valence-corrected chi connectivity index (χ2v) is 16.0. The number of rotatable bonds is 6. The van der Waals surface area contributed by atoms with E-state index in [-0.39, 0.29) is 11.6 Å². The molecule has 5 aliphatic rings. The molecule has 0 N–H and O–H groups in total. The van der Waals surface area contributed by atoms with E-state index in [0.717, 1.165) is 16.8 Å². The number of anilines is 2. The first kappa shape index (κ1) is 35.0. The Morgan fingerprint density at radius 3 is 1.84 bits per heavy atom. The van der Waals surface area contributed by atoms with Crippen LogP contribution in [0, 0.1) is 11.3 Å². The van der Waals surface area contributed by atoms with Gasteiger partial charge in [0, 0.05) is 54.1 Å². The number of hydrogen-bond donors (Lipinski definition) is 0. The van der Waals surface area contributed by atoms with E-state index >= 15 is 19.2 Å². The number of carbonyl (C=O) groups is 4. The maximum atomic E-state index is 15.4. The number of para-hydroxylation sites is 2. The molecular formula is C48H40N2O7. The van der Waals surface area contributed by atoms with Crippen LogP contribution in [0.15, 0.2) is 140 Å². The fourth-order valence-corrected chi connectivity index (χ4v) is 10.7. The fraction of sp³-hybridized carbons (Fsp3) is 0.250. The van der Waals surface area contributed by atoms with Crippen molar-refractivity contribution in [3.8, 4) is 5.75 Å². The molecule has 0 unspecified atom stereocenters. The number of esters is 2. The number of benzene rings is 5. The SMILES string of the molecule is COc1ccc([C@@H]2[C@H](C(=O)c3ccccc3)N3c4ccccc4[C@@H]4[C@@H]([C@H]3C23C(=O)OC(C)(C)OC3=O)[C@@H]2C=Cc3ccccc3N2[C@@H]4C(=O)c2ccccc2)cc1. The lowest BCUT2D eigenvalue weighted by molar-refractivity contribution is -0.253. The molecule has 5 aromatic rings. The van der Waals surface area contributed by atoms with Crippen LogP contribution in [0.4, 0.5) is 11.4 Å². The van der Waals surface area contributed by atoms with Gasteiger partial charge < -0.3 is 24.0 Å². The number of methoxy groups -OCH3 is 1. The molecule has 57 heavy (non-hydrogen) atoms. The smallest absolute Gasteiger partial charge is 0.329 e. The van der Waals surface area contributed by atoms with Crippen molar-refractivity contribution in [2.24, 2.45) is 11.3 Å². The number of Topliss-reactive ketones (excluding diaryl/α,β-unsaturated/α-hetero) is 2. The summed E-state index contributed by atoms with van der Waals surface area (Å²) in [5.41, 5.74) is 2.91. The average Bonchev–Trinajstić information content (AvgIpc) is 3.75. The lowest BCUT2D eigenvalue weighted by Crippen LogP contribution is -2.64. The van der Waals surface area contributed by atoms with Gasteiger partial charge in [-0.05, 0) is 41.0 Å². The van der Waals surface area contributed by atoms with Crippen LogP contribution < -0.4 is 14.5 Å². The second kappa shape index (κ2) is 12.8. The Labute approximate surface area is 330 Å². The van der Waals surface area contributed by atoms with Crippen molar-refractivity contribution in [3.63, 3.8) is 0 Å². The number of carbonyl (C=O) groups excluding carboxylic acids is 4. The van der Waals surface area contributed by atoms with Crippen molar-refractivity contribution in [1.82, 2.24) is 0 Å². The lowest BCUT2D eigenvalue weighted by atomic mass is 9.60. The highest BCUT2D eigenvalue weighted by Gasteiger charge is 2.79. The van der Waals surface area contributed by atoms with Crippen LogP contribution in [-0.2, 0) is 19.1 Å². The topological polar surface area (TPSA) is 102 Å². The third-order valence-electron chi connectivity index (χ3n) is 12.8. The predicted octanol–water partition coefficient (Wildman–Crippen LogP) is 7.62. The zero-order valence-electron chi connectivity index (χ0n) is 31.7. The van der Waals surface area contributed by atoms with E-state index in [4.69, 9.17) is 14.2 Å². The summed E-state index contributed by atoms with van der Waals surface area (Å²) in [5, 5.41) is 0. The summed E-state index contributed by atoms with van der Waals surface area (Å²) in [6.45, 7) is 3.09. The number of fused-ring (bicyclic) bond motifs is 11. The molecule has 0 saturated carbocycles. The van der Waals surface area contributed by atoms with E-state index in [2.05, 4.69) is 17.1 Å². The Balaban J connectivity index is 1.30. The summed E-state index contributed by atoms with van der Waals surface area (Å²) < 4.78 is 17.9. The molecule has 0 bridgehead atoms. The maximum Gasteiger partial charge on any atom is 0.329 e. The van der Waals surface area contributed by atoms with Gasteiger partial charge in [0.05, 0.1) is 19.2 Å². The van der Waals surface area contributed by atoms with Crippen molar-refractivity contribution in [3.05, 3.63) is 167 Å². The number of cyclic esters (lactones) is 2. The largest absolute Gasteiger partial charge is 0.497 e. The van der Waals surface area contributed by atoms with Crippen molar-refractivity contribution in [2.45, 2.75) is 55.6 Å². The van der Waals surface area contributed by atoms with Gasteiger partial charge in [-0.3, -0.25) is 19.2 Å². The molecule has 5 heterocycles. The highest BCUT2D eigenvalue weighted by Crippen LogP contribution is 2.67. The first-order valence-corrected chi connectivity index (χ1v) is 19.4. The Morgan fingerprint density at radius 1 is 0.649 bits per heavy atom. The van der Waals surface area contributed by atoms with Crippen LogP contribution in [-0.4, -0.2) is 60.6 Å². The molecule has 0 amide bonds. The quantitative estimate of drug-likeness (QED) is 0.0984. The molecule has 0 aliphatic carbocycles. The Hall–Kier alpha value is -6.48. The normalized spacial score (nSPS) is 27.0. The summed E-state index contributed by atoms with van der Waals surface area (Å²) in [4.78, 5) is 65.7. The van der Waals surface area contributed by atoms with Gasteiger partial charge in [-0.15, -0.1) is 0 Å². The second-order valence-electron chi connectivity index (χ2n) is 16.0. The molecule has 3 fully saturated rings. The van der Waals surface area contributed by atoms with E-state index in [1.807, 2.05) is 114 Å². The Morgan fingerprint density at radius 2 is 1.21 bits per heavy atom. The van der Waals surface area contributed by atoms with E-state index in [1.54, 1.807) is 45.2 Å². The number of hydrogen-bond acceptors (Lipinski definition) is 9. The minimum Gasteiger partial charge on any atom is -0.497 e.